The molecule has 10 rings (SSSR count). The van der Waals surface area contributed by atoms with Crippen molar-refractivity contribution in [2.45, 2.75) is 76.0 Å². The Morgan fingerprint density at radius 2 is 1.64 bits per heavy atom. The summed E-state index contributed by atoms with van der Waals surface area (Å²) in [5.41, 5.74) is 8.14. The van der Waals surface area contributed by atoms with E-state index in [4.69, 9.17) is 31.8 Å². The fourth-order valence-corrected chi connectivity index (χ4v) is 12.1. The van der Waals surface area contributed by atoms with Gasteiger partial charge in [-0.25, -0.2) is 18.6 Å². The Labute approximate surface area is 422 Å². The van der Waals surface area contributed by atoms with Crippen LogP contribution in [0.1, 0.15) is 85.1 Å². The maximum absolute atomic E-state index is 16.2. The molecule has 15 nitrogen and oxygen atoms in total. The van der Waals surface area contributed by atoms with Gasteiger partial charge in [-0.1, -0.05) is 48.9 Å². The first kappa shape index (κ1) is 49.4. The smallest absolute Gasteiger partial charge is 0.328 e. The van der Waals surface area contributed by atoms with Crippen molar-refractivity contribution in [1.82, 2.24) is 34.9 Å². The van der Waals surface area contributed by atoms with Crippen molar-refractivity contribution in [1.29, 1.82) is 0 Å². The van der Waals surface area contributed by atoms with Crippen LogP contribution in [0.15, 0.2) is 66.7 Å². The zero-order valence-corrected chi connectivity index (χ0v) is 41.8. The summed E-state index contributed by atoms with van der Waals surface area (Å²) in [6.45, 7) is 9.79. The van der Waals surface area contributed by atoms with Gasteiger partial charge in [0.25, 0.3) is 0 Å². The molecule has 72 heavy (non-hydrogen) atoms. The molecule has 5 amide bonds. The van der Waals surface area contributed by atoms with E-state index in [0.717, 1.165) is 119 Å². The van der Waals surface area contributed by atoms with E-state index in [1.807, 2.05) is 62.5 Å². The van der Waals surface area contributed by atoms with Crippen LogP contribution in [0, 0.1) is 23.5 Å². The first-order valence-corrected chi connectivity index (χ1v) is 25.6. The summed E-state index contributed by atoms with van der Waals surface area (Å²) in [6.07, 6.45) is 5.39. The molecule has 4 fully saturated rings. The summed E-state index contributed by atoms with van der Waals surface area (Å²) >= 11 is 6.71. The summed E-state index contributed by atoms with van der Waals surface area (Å²) < 4.78 is 46.2. The van der Waals surface area contributed by atoms with Gasteiger partial charge in [-0.2, -0.15) is 0 Å². The Morgan fingerprint density at radius 3 is 2.33 bits per heavy atom. The second kappa shape index (κ2) is 20.4. The van der Waals surface area contributed by atoms with Gasteiger partial charge in [-0.05, 0) is 80.3 Å². The first-order valence-electron chi connectivity index (χ1n) is 25.2. The van der Waals surface area contributed by atoms with Crippen LogP contribution in [0.25, 0.3) is 22.2 Å². The highest BCUT2D eigenvalue weighted by molar-refractivity contribution is 6.34. The predicted octanol–water partition coefficient (Wildman–Crippen LogP) is 7.32. The number of piperazine rings is 1. The molecule has 4 aromatic carbocycles. The number of piperidine rings is 1. The normalized spacial score (nSPS) is 23.3. The van der Waals surface area contributed by atoms with Gasteiger partial charge in [-0.15, -0.1) is 0 Å². The molecular weight excluding hydrogens is 944 g/mol. The molecule has 0 bridgehead atoms. The number of nitrogens with two attached hydrogens (primary N) is 1. The highest BCUT2D eigenvalue weighted by atomic mass is 35.5. The number of imidazole rings is 1. The minimum Gasteiger partial charge on any atom is -0.494 e. The van der Waals surface area contributed by atoms with E-state index < -0.39 is 35.1 Å². The SMILES string of the molecule is COc1ccc(C(N)=O)c(-c2c(Cl)c(F)cc3c2[C@H](C)[C@@](CNC2CCC(C(=O)N4CCC(CN5CCN(Cc6nc7ccc(N8CCC(=O)NC8=O)cc7n6C)CC5)CC4)CC2)(c2ccccc2)O3)c1F. The molecule has 0 spiro atoms. The van der Waals surface area contributed by atoms with E-state index in [1.165, 1.54) is 25.3 Å². The molecule has 0 radical (unpaired) electrons. The van der Waals surface area contributed by atoms with Crippen LogP contribution >= 0.6 is 11.6 Å². The third-order valence-corrected chi connectivity index (χ3v) is 16.4. The Morgan fingerprint density at radius 1 is 0.917 bits per heavy atom. The van der Waals surface area contributed by atoms with Crippen LogP contribution in [-0.2, 0) is 28.8 Å². The van der Waals surface area contributed by atoms with Gasteiger partial charge < -0.3 is 34.9 Å². The lowest BCUT2D eigenvalue weighted by molar-refractivity contribution is -0.138. The van der Waals surface area contributed by atoms with E-state index >= 15 is 8.78 Å². The largest absolute Gasteiger partial charge is 0.494 e. The molecule has 2 atom stereocenters. The molecule has 1 aromatic heterocycles. The second-order valence-corrected chi connectivity index (χ2v) is 20.6. The van der Waals surface area contributed by atoms with Crippen LogP contribution in [-0.4, -0.2) is 120 Å². The number of urea groups is 1. The topological polar surface area (TPSA) is 168 Å². The number of primary amides is 1. The number of aryl methyl sites for hydroxylation is 1. The number of carbonyl (C=O) groups excluding carboxylic acids is 4. The maximum atomic E-state index is 16.2. The highest BCUT2D eigenvalue weighted by Crippen LogP contribution is 2.56. The average molecular weight is 1010 g/mol. The Bertz CT molecular complexity index is 2900. The van der Waals surface area contributed by atoms with Crippen LogP contribution in [0.2, 0.25) is 5.02 Å². The zero-order valence-electron chi connectivity index (χ0n) is 41.0. The van der Waals surface area contributed by atoms with Gasteiger partial charge in [0.15, 0.2) is 17.2 Å². The minimum absolute atomic E-state index is 0.00102. The van der Waals surface area contributed by atoms with Gasteiger partial charge in [0.2, 0.25) is 17.7 Å². The van der Waals surface area contributed by atoms with Gasteiger partial charge in [0, 0.05) is 119 Å². The molecular formula is C54H62ClF2N9O6. The molecule has 4 N–H and O–H groups in total. The monoisotopic (exact) mass is 1010 g/mol. The summed E-state index contributed by atoms with van der Waals surface area (Å²) in [4.78, 5) is 64.4. The zero-order chi connectivity index (χ0) is 50.4. The number of hydrogen-bond acceptors (Lipinski definition) is 10. The van der Waals surface area contributed by atoms with Gasteiger partial charge in [-0.3, -0.25) is 29.5 Å². The number of nitrogens with one attached hydrogen (secondary N) is 2. The van der Waals surface area contributed by atoms with E-state index in [-0.39, 0.29) is 63.4 Å². The standard InChI is InChI=1S/C54H62ClF2N9O6/c1-32-46-43(28-39(56)49(55)48(46)47-38(51(58)68)14-16-42(71-3)50(47)57)72-54(32,35-7-5-4-6-8-35)31-59-36-11-9-34(10-12-36)52(69)65-20-17-33(18-21-65)29-63-23-25-64(26-24-63)30-44-60-40-15-13-37(27-41(40)62(44)2)66-22-19-45(67)61-53(66)70/h4-8,13-16,27-28,32-34,36,59H,9-12,17-26,29-31H2,1-3H3,(H2,58,68)(H,61,67,70)/t32-,34?,36?,54-/m0/s1. The first-order chi connectivity index (χ1) is 34.7. The van der Waals surface area contributed by atoms with Crippen molar-refractivity contribution in [3.05, 3.63) is 106 Å². The lowest BCUT2D eigenvalue weighted by Crippen LogP contribution is -2.50. The quantitative estimate of drug-likeness (QED) is 0.109. The highest BCUT2D eigenvalue weighted by Gasteiger charge is 2.50. The van der Waals surface area contributed by atoms with E-state index in [2.05, 4.69) is 29.9 Å². The number of carbonyl (C=O) groups is 4. The number of fused-ring (bicyclic) bond motifs is 2. The van der Waals surface area contributed by atoms with Crippen molar-refractivity contribution < 1.29 is 37.4 Å². The number of rotatable bonds is 13. The fraction of sp³-hybridized carbons (Fsp3) is 0.463. The number of ether oxygens (including phenoxy) is 2. The summed E-state index contributed by atoms with van der Waals surface area (Å²) in [7, 11) is 3.32. The number of nitrogens with zero attached hydrogens (tertiary/aromatic N) is 6. The lowest BCUT2D eigenvalue weighted by atomic mass is 9.77. The number of anilines is 1. The van der Waals surface area contributed by atoms with Crippen LogP contribution < -0.4 is 30.7 Å². The van der Waals surface area contributed by atoms with Gasteiger partial charge >= 0.3 is 6.03 Å². The average Bonchev–Trinajstić information content (AvgIpc) is 3.85. The molecule has 380 valence electrons. The predicted molar refractivity (Wildman–Crippen MR) is 270 cm³/mol. The molecule has 1 aliphatic carbocycles. The van der Waals surface area contributed by atoms with E-state index in [9.17, 15) is 19.2 Å². The molecule has 0 unspecified atom stereocenters. The number of benzene rings is 4. The number of aromatic nitrogens is 2. The second-order valence-electron chi connectivity index (χ2n) is 20.2. The third kappa shape index (κ3) is 9.40. The number of methoxy groups -OCH3 is 1. The number of halogens is 3. The molecule has 5 heterocycles. The van der Waals surface area contributed by atoms with Crippen molar-refractivity contribution in [2.24, 2.45) is 24.6 Å². The number of hydrogen-bond donors (Lipinski definition) is 3. The molecule has 18 heteroatoms. The molecule has 4 aliphatic heterocycles. The van der Waals surface area contributed by atoms with Crippen LogP contribution in [0.3, 0.4) is 0 Å². The Hall–Kier alpha value is -6.14. The molecule has 1 saturated carbocycles. The number of imide groups is 1. The van der Waals surface area contributed by atoms with Crippen molar-refractivity contribution in [2.75, 3.05) is 70.9 Å². The van der Waals surface area contributed by atoms with Gasteiger partial charge in [0.1, 0.15) is 17.4 Å². The molecule has 5 aliphatic rings. The fourth-order valence-electron chi connectivity index (χ4n) is 11.9. The Kier molecular flexibility index (Phi) is 14.0. The van der Waals surface area contributed by atoms with Crippen molar-refractivity contribution >= 4 is 52.1 Å². The lowest BCUT2D eigenvalue weighted by Gasteiger charge is -2.40. The summed E-state index contributed by atoms with van der Waals surface area (Å²) in [6, 6.07) is 19.0. The van der Waals surface area contributed by atoms with Crippen molar-refractivity contribution in [3.63, 3.8) is 0 Å². The van der Waals surface area contributed by atoms with E-state index in [1.54, 1.807) is 4.90 Å². The number of likely N-dealkylation sites (tertiary alicyclic amines) is 1. The molecule has 5 aromatic rings. The van der Waals surface area contributed by atoms with Gasteiger partial charge in [0.05, 0.1) is 35.3 Å². The summed E-state index contributed by atoms with van der Waals surface area (Å²) in [5, 5.41) is 5.81. The third-order valence-electron chi connectivity index (χ3n) is 16.1. The number of amides is 5. The summed E-state index contributed by atoms with van der Waals surface area (Å²) in [5.74, 6) is -1.59. The maximum Gasteiger partial charge on any atom is 0.328 e. The van der Waals surface area contributed by atoms with E-state index in [0.29, 0.717) is 24.6 Å². The van der Waals surface area contributed by atoms with Crippen molar-refractivity contribution in [3.8, 4) is 22.6 Å². The Balaban J connectivity index is 0.712. The minimum atomic E-state index is -1.06. The van der Waals surface area contributed by atoms with Crippen LogP contribution in [0.4, 0.5) is 19.3 Å². The van der Waals surface area contributed by atoms with Crippen LogP contribution in [0.5, 0.6) is 11.5 Å². The molecule has 3 saturated heterocycles.